The second-order valence-electron chi connectivity index (χ2n) is 4.22. The summed E-state index contributed by atoms with van der Waals surface area (Å²) in [7, 11) is -3.48. The number of amides is 1. The molecule has 1 aliphatic rings. The molecular weight excluding hydrogens is 284 g/mol. The lowest BCUT2D eigenvalue weighted by molar-refractivity contribution is -0.142. The number of nitrogens with zero attached hydrogens (tertiary/aromatic N) is 1. The SMILES string of the molecule is CC.[3H]CC[C@H](NC(=O)C1CCCN1S(C)(=O)=O)C(=O)O. The molecule has 1 saturated heterocycles. The third-order valence-corrected chi connectivity index (χ3v) is 4.12. The van der Waals surface area contributed by atoms with Gasteiger partial charge in [0.05, 0.1) is 6.26 Å². The van der Waals surface area contributed by atoms with Crippen LogP contribution in [0.25, 0.3) is 0 Å². The summed E-state index contributed by atoms with van der Waals surface area (Å²) in [5.41, 5.74) is 0. The van der Waals surface area contributed by atoms with Crippen molar-refractivity contribution >= 4 is 21.9 Å². The van der Waals surface area contributed by atoms with Crippen molar-refractivity contribution < 1.29 is 24.5 Å². The number of aliphatic carboxylic acids is 1. The number of rotatable bonds is 5. The van der Waals surface area contributed by atoms with Gasteiger partial charge < -0.3 is 10.4 Å². The highest BCUT2D eigenvalue weighted by Gasteiger charge is 2.37. The van der Waals surface area contributed by atoms with E-state index in [-0.39, 0.29) is 19.9 Å². The van der Waals surface area contributed by atoms with Crippen LogP contribution in [0.15, 0.2) is 0 Å². The van der Waals surface area contributed by atoms with Crippen molar-refractivity contribution in [1.82, 2.24) is 9.62 Å². The lowest BCUT2D eigenvalue weighted by atomic mass is 10.2. The molecule has 0 bridgehead atoms. The highest BCUT2D eigenvalue weighted by Crippen LogP contribution is 2.20. The molecule has 2 N–H and O–H groups in total. The van der Waals surface area contributed by atoms with Gasteiger partial charge in [-0.2, -0.15) is 4.31 Å². The summed E-state index contributed by atoms with van der Waals surface area (Å²) in [4.78, 5) is 22.8. The summed E-state index contributed by atoms with van der Waals surface area (Å²) in [5, 5.41) is 11.2. The van der Waals surface area contributed by atoms with E-state index in [1.807, 2.05) is 13.8 Å². The van der Waals surface area contributed by atoms with Gasteiger partial charge in [-0.05, 0) is 19.3 Å². The van der Waals surface area contributed by atoms with Crippen LogP contribution >= 0.6 is 0 Å². The predicted octanol–water partition coefficient (Wildman–Crippen LogP) is 0.416. The van der Waals surface area contributed by atoms with Crippen molar-refractivity contribution in [3.05, 3.63) is 0 Å². The van der Waals surface area contributed by atoms with Gasteiger partial charge in [-0.1, -0.05) is 20.7 Å². The molecule has 0 aromatic heterocycles. The summed E-state index contributed by atoms with van der Waals surface area (Å²) in [6, 6.07) is -1.99. The molecule has 0 aromatic rings. The Morgan fingerprint density at radius 3 is 2.55 bits per heavy atom. The Morgan fingerprint density at radius 1 is 1.50 bits per heavy atom. The number of carbonyl (C=O) groups excluding carboxylic acids is 1. The van der Waals surface area contributed by atoms with Crippen LogP contribution in [-0.2, 0) is 19.6 Å². The molecule has 0 saturated carbocycles. The van der Waals surface area contributed by atoms with Crippen LogP contribution in [0, 0.1) is 0 Å². The summed E-state index contributed by atoms with van der Waals surface area (Å²) >= 11 is 0. The van der Waals surface area contributed by atoms with E-state index in [1.54, 1.807) is 0 Å². The molecular formula is C12H24N2O5S. The zero-order valence-corrected chi connectivity index (χ0v) is 12.9. The molecule has 1 heterocycles. The van der Waals surface area contributed by atoms with Gasteiger partial charge in [-0.15, -0.1) is 0 Å². The van der Waals surface area contributed by atoms with Crippen molar-refractivity contribution in [2.45, 2.75) is 52.1 Å². The van der Waals surface area contributed by atoms with Gasteiger partial charge in [0.25, 0.3) is 0 Å². The maximum Gasteiger partial charge on any atom is 0.326 e. The molecule has 20 heavy (non-hydrogen) atoms. The molecule has 0 radical (unpaired) electrons. The smallest absolute Gasteiger partial charge is 0.326 e. The van der Waals surface area contributed by atoms with Crippen LogP contribution in [-0.4, -0.2) is 54.6 Å². The molecule has 1 rings (SSSR count). The maximum absolute atomic E-state index is 12.0. The van der Waals surface area contributed by atoms with Crippen molar-refractivity contribution in [2.24, 2.45) is 0 Å². The van der Waals surface area contributed by atoms with E-state index in [4.69, 9.17) is 6.48 Å². The molecule has 8 heteroatoms. The molecule has 1 fully saturated rings. The normalized spacial score (nSPS) is 21.4. The molecule has 1 unspecified atom stereocenters. The average molecular weight is 310 g/mol. The number of hydrogen-bond acceptors (Lipinski definition) is 4. The molecule has 7 nitrogen and oxygen atoms in total. The number of sulfonamides is 1. The number of carboxylic acids is 1. The molecule has 1 amide bonds. The lowest BCUT2D eigenvalue weighted by Gasteiger charge is -2.23. The lowest BCUT2D eigenvalue weighted by Crippen LogP contribution is -2.50. The van der Waals surface area contributed by atoms with E-state index in [9.17, 15) is 18.0 Å². The molecule has 0 aromatic carbocycles. The van der Waals surface area contributed by atoms with Crippen molar-refractivity contribution in [3.8, 4) is 0 Å². The first kappa shape index (κ1) is 16.9. The zero-order chi connectivity index (χ0) is 16.6. The number of carbonyl (C=O) groups is 2. The van der Waals surface area contributed by atoms with Crippen LogP contribution in [0.5, 0.6) is 0 Å². The second-order valence-corrected chi connectivity index (χ2v) is 6.15. The summed E-state index contributed by atoms with van der Waals surface area (Å²) in [6.45, 7) is 4.14. The summed E-state index contributed by atoms with van der Waals surface area (Å²) in [6.07, 6.45) is 1.97. The van der Waals surface area contributed by atoms with Crippen LogP contribution in [0.4, 0.5) is 0 Å². The van der Waals surface area contributed by atoms with E-state index < -0.39 is 34.0 Å². The van der Waals surface area contributed by atoms with E-state index >= 15 is 0 Å². The summed E-state index contributed by atoms with van der Waals surface area (Å²) < 4.78 is 31.1. The Balaban J connectivity index is 0.00000191. The van der Waals surface area contributed by atoms with Gasteiger partial charge >= 0.3 is 5.97 Å². The van der Waals surface area contributed by atoms with Crippen molar-refractivity contribution in [2.75, 3.05) is 12.8 Å². The minimum atomic E-state index is -3.48. The quantitative estimate of drug-likeness (QED) is 0.765. The van der Waals surface area contributed by atoms with Gasteiger partial charge in [0.15, 0.2) is 0 Å². The first-order valence-electron chi connectivity index (χ1n) is 7.27. The van der Waals surface area contributed by atoms with Crippen LogP contribution in [0.1, 0.15) is 41.4 Å². The fraction of sp³-hybridized carbons (Fsp3) is 0.833. The molecule has 0 spiro atoms. The third-order valence-electron chi connectivity index (χ3n) is 2.84. The molecule has 0 aliphatic carbocycles. The fourth-order valence-electron chi connectivity index (χ4n) is 1.92. The minimum Gasteiger partial charge on any atom is -0.480 e. The van der Waals surface area contributed by atoms with E-state index in [0.29, 0.717) is 12.8 Å². The molecule has 1 aliphatic heterocycles. The molecule has 118 valence electrons. The highest BCUT2D eigenvalue weighted by atomic mass is 32.2. The predicted molar refractivity (Wildman–Crippen MR) is 75.8 cm³/mol. The van der Waals surface area contributed by atoms with Gasteiger partial charge in [0.2, 0.25) is 15.9 Å². The topological polar surface area (TPSA) is 104 Å². The maximum atomic E-state index is 12.0. The fourth-order valence-corrected chi connectivity index (χ4v) is 3.05. The van der Waals surface area contributed by atoms with Crippen LogP contribution in [0.3, 0.4) is 0 Å². The first-order valence-corrected chi connectivity index (χ1v) is 8.41. The van der Waals surface area contributed by atoms with E-state index in [0.717, 1.165) is 10.6 Å². The van der Waals surface area contributed by atoms with Gasteiger partial charge in [-0.25, -0.2) is 13.2 Å². The number of hydrogen-bond donors (Lipinski definition) is 2. The monoisotopic (exact) mass is 310 g/mol. The Kier molecular flexibility index (Phi) is 6.94. The largest absolute Gasteiger partial charge is 0.480 e. The minimum absolute atomic E-state index is 0.00727. The third kappa shape index (κ3) is 5.09. The Morgan fingerprint density at radius 2 is 2.10 bits per heavy atom. The molecule has 2 atom stereocenters. The van der Waals surface area contributed by atoms with Crippen LogP contribution < -0.4 is 5.32 Å². The second kappa shape index (κ2) is 8.21. The summed E-state index contributed by atoms with van der Waals surface area (Å²) in [5.74, 6) is -1.83. The van der Waals surface area contributed by atoms with E-state index in [2.05, 4.69) is 5.32 Å². The van der Waals surface area contributed by atoms with Gasteiger partial charge in [0.1, 0.15) is 12.1 Å². The van der Waals surface area contributed by atoms with Crippen molar-refractivity contribution in [3.63, 3.8) is 0 Å². The average Bonchev–Trinajstić information content (AvgIpc) is 2.89. The Bertz CT molecular complexity index is 455. The first-order chi connectivity index (χ1) is 9.77. The van der Waals surface area contributed by atoms with Gasteiger partial charge in [-0.3, -0.25) is 4.79 Å². The number of carboxylic acid groups (broad SMARTS) is 1. The van der Waals surface area contributed by atoms with Gasteiger partial charge in [0, 0.05) is 7.92 Å². The standard InChI is InChI=1S/C10H18N2O5S.C2H6/c1-3-7(10(14)15)11-9(13)8-5-4-6-12(8)18(2,16)17;1-2/h7-8H,3-6H2,1-2H3,(H,11,13)(H,14,15);1-2H3/t7-,8?;/m0./s1/i1T;. The van der Waals surface area contributed by atoms with E-state index in [1.165, 1.54) is 0 Å². The van der Waals surface area contributed by atoms with Crippen LogP contribution in [0.2, 0.25) is 0 Å². The zero-order valence-electron chi connectivity index (χ0n) is 13.1. The van der Waals surface area contributed by atoms with Crippen molar-refractivity contribution in [1.29, 1.82) is 0 Å². The Labute approximate surface area is 121 Å². The highest BCUT2D eigenvalue weighted by molar-refractivity contribution is 7.88. The number of nitrogens with one attached hydrogen (secondary N) is 1. The Hall–Kier alpha value is -1.15.